The number of anilines is 1. The maximum atomic E-state index is 2.44. The third kappa shape index (κ3) is 3.17. The van der Waals surface area contributed by atoms with E-state index in [4.69, 9.17) is 0 Å². The highest BCUT2D eigenvalue weighted by atomic mass is 15.1. The van der Waals surface area contributed by atoms with Gasteiger partial charge in [-0.2, -0.15) is 0 Å². The smallest absolute Gasteiger partial charge is 0.0404 e. The van der Waals surface area contributed by atoms with Gasteiger partial charge in [-0.1, -0.05) is 42.5 Å². The molecule has 0 heterocycles. The Labute approximate surface area is 116 Å². The maximum Gasteiger partial charge on any atom is 0.0404 e. The lowest BCUT2D eigenvalue weighted by molar-refractivity contribution is 0.856. The molecule has 0 aliphatic carbocycles. The van der Waals surface area contributed by atoms with Crippen LogP contribution in [0.5, 0.6) is 0 Å². The lowest BCUT2D eigenvalue weighted by Gasteiger charge is -2.25. The molecule has 1 heteroatoms. The van der Waals surface area contributed by atoms with Crippen LogP contribution < -0.4 is 4.90 Å². The van der Waals surface area contributed by atoms with Crippen molar-refractivity contribution in [3.05, 3.63) is 65.2 Å². The molecule has 0 unspecified atom stereocenters. The van der Waals surface area contributed by atoms with Gasteiger partial charge in [0.05, 0.1) is 0 Å². The molecule has 0 saturated heterocycles. The third-order valence-electron chi connectivity index (χ3n) is 3.71. The Morgan fingerprint density at radius 2 is 1.53 bits per heavy atom. The minimum atomic E-state index is 1.01. The Balaban J connectivity index is 2.38. The minimum Gasteiger partial charge on any atom is -0.372 e. The van der Waals surface area contributed by atoms with Crippen LogP contribution in [0.3, 0.4) is 0 Å². The molecule has 2 aromatic rings. The van der Waals surface area contributed by atoms with Gasteiger partial charge in [0.25, 0.3) is 0 Å². The summed E-state index contributed by atoms with van der Waals surface area (Å²) in [5.74, 6) is 0. The summed E-state index contributed by atoms with van der Waals surface area (Å²) in [7, 11) is 0. The van der Waals surface area contributed by atoms with Gasteiger partial charge < -0.3 is 4.90 Å². The first kappa shape index (κ1) is 13.7. The standard InChI is InChI=1S/C18H23N/c1-4-19(5-2)18-13-9-10-15(3)17(18)14-16-11-7-6-8-12-16/h6-13H,4-5,14H2,1-3H3. The molecular weight excluding hydrogens is 230 g/mol. The van der Waals surface area contributed by atoms with Gasteiger partial charge in [-0.15, -0.1) is 0 Å². The number of hydrogen-bond acceptors (Lipinski definition) is 1. The SMILES string of the molecule is CCN(CC)c1cccc(C)c1Cc1ccccc1. The summed E-state index contributed by atoms with van der Waals surface area (Å²) in [6, 6.07) is 17.3. The van der Waals surface area contributed by atoms with Crippen LogP contribution >= 0.6 is 0 Å². The molecule has 0 radical (unpaired) electrons. The molecule has 0 aliphatic heterocycles. The van der Waals surface area contributed by atoms with Gasteiger partial charge in [0.15, 0.2) is 0 Å². The van der Waals surface area contributed by atoms with Crippen molar-refractivity contribution in [2.45, 2.75) is 27.2 Å². The van der Waals surface area contributed by atoms with E-state index in [0.29, 0.717) is 0 Å². The Kier molecular flexibility index (Phi) is 4.62. The highest BCUT2D eigenvalue weighted by Crippen LogP contribution is 2.26. The van der Waals surface area contributed by atoms with Crippen LogP contribution in [0, 0.1) is 6.92 Å². The van der Waals surface area contributed by atoms with Crippen molar-refractivity contribution in [3.8, 4) is 0 Å². The van der Waals surface area contributed by atoms with Crippen molar-refractivity contribution in [1.29, 1.82) is 0 Å². The zero-order chi connectivity index (χ0) is 13.7. The number of nitrogens with zero attached hydrogens (tertiary/aromatic N) is 1. The van der Waals surface area contributed by atoms with E-state index in [1.54, 1.807) is 0 Å². The first-order chi connectivity index (χ1) is 9.26. The monoisotopic (exact) mass is 253 g/mol. The Morgan fingerprint density at radius 1 is 0.842 bits per heavy atom. The van der Waals surface area contributed by atoms with Crippen LogP contribution in [0.2, 0.25) is 0 Å². The van der Waals surface area contributed by atoms with Gasteiger partial charge in [0, 0.05) is 18.8 Å². The molecule has 0 N–H and O–H groups in total. The minimum absolute atomic E-state index is 1.01. The molecular formula is C18H23N. The summed E-state index contributed by atoms with van der Waals surface area (Å²) < 4.78 is 0. The first-order valence-electron chi connectivity index (χ1n) is 7.13. The van der Waals surface area contributed by atoms with E-state index in [-0.39, 0.29) is 0 Å². The van der Waals surface area contributed by atoms with E-state index in [1.165, 1.54) is 22.4 Å². The van der Waals surface area contributed by atoms with Crippen molar-refractivity contribution >= 4 is 5.69 Å². The maximum absolute atomic E-state index is 2.44. The van der Waals surface area contributed by atoms with Crippen molar-refractivity contribution in [2.24, 2.45) is 0 Å². The van der Waals surface area contributed by atoms with Crippen molar-refractivity contribution in [1.82, 2.24) is 0 Å². The molecule has 0 spiro atoms. The molecule has 1 nitrogen and oxygen atoms in total. The number of rotatable bonds is 5. The molecule has 19 heavy (non-hydrogen) atoms. The summed E-state index contributed by atoms with van der Waals surface area (Å²) >= 11 is 0. The molecule has 0 aromatic heterocycles. The van der Waals surface area contributed by atoms with E-state index < -0.39 is 0 Å². The fraction of sp³-hybridized carbons (Fsp3) is 0.333. The highest BCUT2D eigenvalue weighted by molar-refractivity contribution is 5.58. The normalized spacial score (nSPS) is 10.5. The van der Waals surface area contributed by atoms with Gasteiger partial charge in [0.2, 0.25) is 0 Å². The van der Waals surface area contributed by atoms with Crippen LogP contribution in [-0.4, -0.2) is 13.1 Å². The predicted octanol–water partition coefficient (Wildman–Crippen LogP) is 4.43. The summed E-state index contributed by atoms with van der Waals surface area (Å²) in [6.45, 7) is 8.77. The quantitative estimate of drug-likeness (QED) is 0.762. The van der Waals surface area contributed by atoms with E-state index in [9.17, 15) is 0 Å². The van der Waals surface area contributed by atoms with E-state index in [0.717, 1.165) is 19.5 Å². The van der Waals surface area contributed by atoms with Crippen molar-refractivity contribution in [2.75, 3.05) is 18.0 Å². The molecule has 0 atom stereocenters. The van der Waals surface area contributed by atoms with E-state index >= 15 is 0 Å². The van der Waals surface area contributed by atoms with E-state index in [2.05, 4.69) is 74.2 Å². The molecule has 0 aliphatic rings. The summed E-state index contributed by atoms with van der Waals surface area (Å²) in [5, 5.41) is 0. The van der Waals surface area contributed by atoms with Crippen LogP contribution in [-0.2, 0) is 6.42 Å². The molecule has 100 valence electrons. The molecule has 0 saturated carbocycles. The second-order valence-electron chi connectivity index (χ2n) is 4.91. The van der Waals surface area contributed by atoms with Crippen molar-refractivity contribution < 1.29 is 0 Å². The molecule has 0 fully saturated rings. The molecule has 2 aromatic carbocycles. The second kappa shape index (κ2) is 6.42. The predicted molar refractivity (Wildman–Crippen MR) is 84.0 cm³/mol. The lowest BCUT2D eigenvalue weighted by atomic mass is 9.98. The highest BCUT2D eigenvalue weighted by Gasteiger charge is 2.10. The molecule has 2 rings (SSSR count). The zero-order valence-corrected chi connectivity index (χ0v) is 12.2. The van der Waals surface area contributed by atoms with Gasteiger partial charge in [-0.05, 0) is 49.9 Å². The van der Waals surface area contributed by atoms with Gasteiger partial charge >= 0.3 is 0 Å². The fourth-order valence-electron chi connectivity index (χ4n) is 2.58. The Hall–Kier alpha value is -1.76. The average molecular weight is 253 g/mol. The number of hydrogen-bond donors (Lipinski definition) is 0. The van der Waals surface area contributed by atoms with Crippen LogP contribution in [0.4, 0.5) is 5.69 Å². The molecule has 0 amide bonds. The van der Waals surface area contributed by atoms with E-state index in [1.807, 2.05) is 0 Å². The Morgan fingerprint density at radius 3 is 2.16 bits per heavy atom. The second-order valence-corrected chi connectivity index (χ2v) is 4.91. The topological polar surface area (TPSA) is 3.24 Å². The number of aryl methyl sites for hydroxylation is 1. The number of benzene rings is 2. The fourth-order valence-corrected chi connectivity index (χ4v) is 2.58. The average Bonchev–Trinajstić information content (AvgIpc) is 2.45. The first-order valence-corrected chi connectivity index (χ1v) is 7.13. The summed E-state index contributed by atoms with van der Waals surface area (Å²) in [6.07, 6.45) is 1.01. The van der Waals surface area contributed by atoms with Crippen LogP contribution in [0.15, 0.2) is 48.5 Å². The largest absolute Gasteiger partial charge is 0.372 e. The lowest BCUT2D eigenvalue weighted by Crippen LogP contribution is -2.23. The Bertz CT molecular complexity index is 512. The van der Waals surface area contributed by atoms with Gasteiger partial charge in [-0.3, -0.25) is 0 Å². The third-order valence-corrected chi connectivity index (χ3v) is 3.71. The van der Waals surface area contributed by atoms with Crippen molar-refractivity contribution in [3.63, 3.8) is 0 Å². The van der Waals surface area contributed by atoms with Crippen LogP contribution in [0.1, 0.15) is 30.5 Å². The molecule has 0 bridgehead atoms. The summed E-state index contributed by atoms with van der Waals surface area (Å²) in [5.41, 5.74) is 5.60. The zero-order valence-electron chi connectivity index (χ0n) is 12.2. The summed E-state index contributed by atoms with van der Waals surface area (Å²) in [4.78, 5) is 2.44. The van der Waals surface area contributed by atoms with Crippen LogP contribution in [0.25, 0.3) is 0 Å². The van der Waals surface area contributed by atoms with Gasteiger partial charge in [0.1, 0.15) is 0 Å². The van der Waals surface area contributed by atoms with Gasteiger partial charge in [-0.25, -0.2) is 0 Å².